The molecule has 1 aliphatic rings. The van der Waals surface area contributed by atoms with Crippen molar-refractivity contribution in [1.29, 1.82) is 0 Å². The molecule has 2 heteroatoms. The summed E-state index contributed by atoms with van der Waals surface area (Å²) in [4.78, 5) is 5.38. The van der Waals surface area contributed by atoms with Crippen molar-refractivity contribution in [3.05, 3.63) is 58.7 Å². The SMILES string of the molecule is CC(C)c1cccc(C(C)C)c1N1CN(c2c(C(C)C)cccc2C(C)C)C(C)C1C. The van der Waals surface area contributed by atoms with Gasteiger partial charge in [-0.3, -0.25) is 0 Å². The van der Waals surface area contributed by atoms with Gasteiger partial charge in [0.2, 0.25) is 0 Å². The Balaban J connectivity index is 2.16. The lowest BCUT2D eigenvalue weighted by Crippen LogP contribution is -2.34. The van der Waals surface area contributed by atoms with E-state index in [9.17, 15) is 0 Å². The Morgan fingerprint density at radius 1 is 0.548 bits per heavy atom. The second-order valence-corrected chi connectivity index (χ2v) is 10.8. The van der Waals surface area contributed by atoms with E-state index in [0.29, 0.717) is 35.8 Å². The lowest BCUT2D eigenvalue weighted by atomic mass is 9.91. The highest BCUT2D eigenvalue weighted by Gasteiger charge is 2.38. The van der Waals surface area contributed by atoms with Crippen LogP contribution in [0.4, 0.5) is 11.4 Å². The Morgan fingerprint density at radius 2 is 0.806 bits per heavy atom. The summed E-state index contributed by atoms with van der Waals surface area (Å²) in [7, 11) is 0. The summed E-state index contributed by atoms with van der Waals surface area (Å²) in [6.07, 6.45) is 0. The fraction of sp³-hybridized carbons (Fsp3) is 0.586. The van der Waals surface area contributed by atoms with Crippen LogP contribution in [-0.2, 0) is 0 Å². The molecule has 2 nitrogen and oxygen atoms in total. The minimum atomic E-state index is 0.456. The predicted octanol–water partition coefficient (Wildman–Crippen LogP) is 8.24. The third-order valence-corrected chi connectivity index (χ3v) is 7.25. The smallest absolute Gasteiger partial charge is 0.0910 e. The van der Waals surface area contributed by atoms with Gasteiger partial charge in [0.25, 0.3) is 0 Å². The quantitative estimate of drug-likeness (QED) is 0.464. The first-order chi connectivity index (χ1) is 14.6. The van der Waals surface area contributed by atoms with Crippen LogP contribution >= 0.6 is 0 Å². The Labute approximate surface area is 191 Å². The van der Waals surface area contributed by atoms with E-state index in [-0.39, 0.29) is 0 Å². The molecule has 1 fully saturated rings. The zero-order valence-electron chi connectivity index (χ0n) is 21.5. The van der Waals surface area contributed by atoms with Gasteiger partial charge in [0.1, 0.15) is 0 Å². The predicted molar refractivity (Wildman–Crippen MR) is 138 cm³/mol. The standard InChI is InChI=1S/C29H44N2/c1-18(2)24-13-11-14-25(19(3)4)28(24)30-17-31(23(10)22(30)9)29-26(20(5)6)15-12-16-27(29)21(7)8/h11-16,18-23H,17H2,1-10H3. The summed E-state index contributed by atoms with van der Waals surface area (Å²) in [6, 6.07) is 14.8. The minimum Gasteiger partial charge on any atom is -0.349 e. The van der Waals surface area contributed by atoms with E-state index in [1.807, 2.05) is 0 Å². The van der Waals surface area contributed by atoms with E-state index in [4.69, 9.17) is 0 Å². The zero-order chi connectivity index (χ0) is 23.0. The first kappa shape index (κ1) is 23.7. The normalized spacial score (nSPS) is 19.5. The number of hydrogen-bond acceptors (Lipinski definition) is 2. The summed E-state index contributed by atoms with van der Waals surface area (Å²) < 4.78 is 0. The van der Waals surface area contributed by atoms with Gasteiger partial charge in [-0.05, 0) is 59.8 Å². The number of para-hydroxylation sites is 2. The number of anilines is 2. The molecule has 2 aromatic carbocycles. The number of benzene rings is 2. The highest BCUT2D eigenvalue weighted by Crippen LogP contribution is 2.43. The van der Waals surface area contributed by atoms with Crippen molar-refractivity contribution >= 4 is 11.4 Å². The van der Waals surface area contributed by atoms with Crippen molar-refractivity contribution in [3.8, 4) is 0 Å². The summed E-state index contributed by atoms with van der Waals surface area (Å²) in [5.41, 5.74) is 8.87. The molecule has 2 unspecified atom stereocenters. The van der Waals surface area contributed by atoms with Crippen molar-refractivity contribution in [2.75, 3.05) is 16.5 Å². The summed E-state index contributed by atoms with van der Waals surface area (Å²) in [5.74, 6) is 2.05. The van der Waals surface area contributed by atoms with Crippen molar-refractivity contribution in [1.82, 2.24) is 0 Å². The van der Waals surface area contributed by atoms with E-state index in [2.05, 4.69) is 115 Å². The Bertz CT molecular complexity index is 768. The molecule has 0 saturated carbocycles. The third-order valence-electron chi connectivity index (χ3n) is 7.25. The van der Waals surface area contributed by atoms with Gasteiger partial charge in [-0.2, -0.15) is 0 Å². The first-order valence-corrected chi connectivity index (χ1v) is 12.3. The summed E-state index contributed by atoms with van der Waals surface area (Å²) in [5, 5.41) is 0. The van der Waals surface area contributed by atoms with Gasteiger partial charge in [0.05, 0.1) is 6.67 Å². The van der Waals surface area contributed by atoms with Crippen molar-refractivity contribution in [3.63, 3.8) is 0 Å². The van der Waals surface area contributed by atoms with Gasteiger partial charge in [0, 0.05) is 23.5 Å². The molecule has 2 aromatic rings. The second kappa shape index (κ2) is 9.27. The van der Waals surface area contributed by atoms with Gasteiger partial charge in [-0.15, -0.1) is 0 Å². The Morgan fingerprint density at radius 3 is 1.03 bits per heavy atom. The van der Waals surface area contributed by atoms with Crippen LogP contribution in [0.2, 0.25) is 0 Å². The van der Waals surface area contributed by atoms with Gasteiger partial charge in [-0.1, -0.05) is 91.8 Å². The lowest BCUT2D eigenvalue weighted by molar-refractivity contribution is 0.636. The highest BCUT2D eigenvalue weighted by atomic mass is 15.4. The second-order valence-electron chi connectivity index (χ2n) is 10.8. The van der Waals surface area contributed by atoms with E-state index in [0.717, 1.165) is 6.67 Å². The average Bonchev–Trinajstić information content (AvgIpc) is 3.00. The molecule has 0 spiro atoms. The topological polar surface area (TPSA) is 6.48 Å². The molecular weight excluding hydrogens is 376 g/mol. The number of nitrogens with zero attached hydrogens (tertiary/aromatic N) is 2. The van der Waals surface area contributed by atoms with Gasteiger partial charge < -0.3 is 9.80 Å². The third kappa shape index (κ3) is 4.36. The lowest BCUT2D eigenvalue weighted by Gasteiger charge is -2.32. The maximum absolute atomic E-state index is 2.69. The van der Waals surface area contributed by atoms with Gasteiger partial charge in [0.15, 0.2) is 0 Å². The monoisotopic (exact) mass is 420 g/mol. The molecule has 0 amide bonds. The molecule has 0 aromatic heterocycles. The largest absolute Gasteiger partial charge is 0.349 e. The summed E-state index contributed by atoms with van der Waals surface area (Å²) >= 11 is 0. The minimum absolute atomic E-state index is 0.456. The van der Waals surface area contributed by atoms with Crippen molar-refractivity contribution < 1.29 is 0 Å². The van der Waals surface area contributed by atoms with Crippen LogP contribution in [-0.4, -0.2) is 18.8 Å². The molecular formula is C29H44N2. The van der Waals surface area contributed by atoms with Crippen LogP contribution in [0.5, 0.6) is 0 Å². The maximum atomic E-state index is 2.69. The van der Waals surface area contributed by atoms with Gasteiger partial charge >= 0.3 is 0 Å². The Kier molecular flexibility index (Phi) is 7.08. The maximum Gasteiger partial charge on any atom is 0.0910 e. The molecule has 0 radical (unpaired) electrons. The molecule has 170 valence electrons. The van der Waals surface area contributed by atoms with E-state index >= 15 is 0 Å². The van der Waals surface area contributed by atoms with Crippen LogP contribution in [0.25, 0.3) is 0 Å². The van der Waals surface area contributed by atoms with Crippen LogP contribution in [0.1, 0.15) is 115 Å². The van der Waals surface area contributed by atoms with Gasteiger partial charge in [-0.25, -0.2) is 0 Å². The van der Waals surface area contributed by atoms with Crippen molar-refractivity contribution in [2.24, 2.45) is 0 Å². The zero-order valence-corrected chi connectivity index (χ0v) is 21.5. The fourth-order valence-corrected chi connectivity index (χ4v) is 5.18. The molecule has 0 N–H and O–H groups in total. The molecule has 1 heterocycles. The highest BCUT2D eigenvalue weighted by molar-refractivity contribution is 5.69. The molecule has 2 atom stereocenters. The average molecular weight is 421 g/mol. The van der Waals surface area contributed by atoms with Crippen LogP contribution < -0.4 is 9.80 Å². The number of rotatable bonds is 6. The molecule has 31 heavy (non-hydrogen) atoms. The molecule has 0 aliphatic carbocycles. The molecule has 3 rings (SSSR count). The van der Waals surface area contributed by atoms with Crippen LogP contribution in [0.15, 0.2) is 36.4 Å². The van der Waals surface area contributed by atoms with Crippen LogP contribution in [0.3, 0.4) is 0 Å². The number of hydrogen-bond donors (Lipinski definition) is 0. The molecule has 1 aliphatic heterocycles. The van der Waals surface area contributed by atoms with E-state index < -0.39 is 0 Å². The fourth-order valence-electron chi connectivity index (χ4n) is 5.18. The van der Waals surface area contributed by atoms with E-state index in [1.54, 1.807) is 0 Å². The first-order valence-electron chi connectivity index (χ1n) is 12.3. The van der Waals surface area contributed by atoms with Crippen molar-refractivity contribution in [2.45, 2.75) is 105 Å². The van der Waals surface area contributed by atoms with E-state index in [1.165, 1.54) is 33.6 Å². The Hall–Kier alpha value is -1.96. The van der Waals surface area contributed by atoms with Crippen LogP contribution in [0, 0.1) is 0 Å². The molecule has 0 bridgehead atoms. The summed E-state index contributed by atoms with van der Waals surface area (Å²) in [6.45, 7) is 24.4. The molecule has 1 saturated heterocycles.